The molecule has 0 unspecified atom stereocenters. The van der Waals surface area contributed by atoms with Crippen molar-refractivity contribution in [2.45, 2.75) is 26.7 Å². The summed E-state index contributed by atoms with van der Waals surface area (Å²) in [4.78, 5) is 10.3. The lowest BCUT2D eigenvalue weighted by Crippen LogP contribution is -2.48. The highest BCUT2D eigenvalue weighted by Crippen LogP contribution is 2.58. The summed E-state index contributed by atoms with van der Waals surface area (Å²) in [6, 6.07) is 6.36. The van der Waals surface area contributed by atoms with Crippen LogP contribution in [0.15, 0.2) is 41.0 Å². The number of hydrogen-bond acceptors (Lipinski definition) is 4. The van der Waals surface area contributed by atoms with Gasteiger partial charge in [-0.3, -0.25) is 15.5 Å². The number of hydrogen-bond donors (Lipinski definition) is 1. The number of nitro groups is 1. The molecular formula is C16H19N3O2. The smallest absolute Gasteiger partial charge is 0.271 e. The Morgan fingerprint density at radius 2 is 2.29 bits per heavy atom. The summed E-state index contributed by atoms with van der Waals surface area (Å²) in [5.41, 5.74) is 5.22. The van der Waals surface area contributed by atoms with Crippen molar-refractivity contribution in [3.8, 4) is 0 Å². The van der Waals surface area contributed by atoms with Crippen LogP contribution in [0.25, 0.3) is 0 Å². The van der Waals surface area contributed by atoms with E-state index in [1.165, 1.54) is 24.1 Å². The average Bonchev–Trinajstić information content (AvgIpc) is 2.47. The Morgan fingerprint density at radius 1 is 1.48 bits per heavy atom. The van der Waals surface area contributed by atoms with Crippen LogP contribution in [-0.2, 0) is 0 Å². The first kappa shape index (κ1) is 13.8. The molecule has 0 amide bonds. The summed E-state index contributed by atoms with van der Waals surface area (Å²) >= 11 is 0. The van der Waals surface area contributed by atoms with Gasteiger partial charge in [0.25, 0.3) is 5.69 Å². The van der Waals surface area contributed by atoms with E-state index in [-0.39, 0.29) is 5.69 Å². The highest BCUT2D eigenvalue weighted by atomic mass is 16.6. The SMILES string of the molecule is CC1(C)[C@H]2CC=C(C=NNc3cccc([N+](=O)[O-])c3)[C@H]1C2. The van der Waals surface area contributed by atoms with Crippen LogP contribution < -0.4 is 5.43 Å². The summed E-state index contributed by atoms with van der Waals surface area (Å²) in [5, 5.41) is 15.0. The molecule has 0 spiro atoms. The second kappa shape index (κ2) is 4.98. The van der Waals surface area contributed by atoms with Gasteiger partial charge in [0.2, 0.25) is 0 Å². The van der Waals surface area contributed by atoms with Gasteiger partial charge >= 0.3 is 0 Å². The van der Waals surface area contributed by atoms with Crippen molar-refractivity contribution in [2.24, 2.45) is 22.4 Å². The number of rotatable bonds is 4. The van der Waals surface area contributed by atoms with E-state index in [0.717, 1.165) is 12.3 Å². The van der Waals surface area contributed by atoms with E-state index in [2.05, 4.69) is 30.5 Å². The second-order valence-electron chi connectivity index (χ2n) is 6.42. The molecule has 3 aliphatic carbocycles. The van der Waals surface area contributed by atoms with Crippen molar-refractivity contribution in [1.29, 1.82) is 0 Å². The fourth-order valence-electron chi connectivity index (χ4n) is 3.42. The van der Waals surface area contributed by atoms with E-state index in [1.807, 2.05) is 6.21 Å². The molecule has 1 aromatic rings. The second-order valence-corrected chi connectivity index (χ2v) is 6.42. The Balaban J connectivity index is 1.67. The van der Waals surface area contributed by atoms with Crippen LogP contribution in [-0.4, -0.2) is 11.1 Å². The Kier molecular flexibility index (Phi) is 3.27. The van der Waals surface area contributed by atoms with Crippen LogP contribution in [0.1, 0.15) is 26.7 Å². The maximum absolute atomic E-state index is 10.7. The summed E-state index contributed by atoms with van der Waals surface area (Å²) in [6.45, 7) is 4.64. The molecule has 0 heterocycles. The lowest BCUT2D eigenvalue weighted by atomic mass is 9.49. The zero-order valence-corrected chi connectivity index (χ0v) is 12.2. The number of nitro benzene ring substituents is 1. The maximum atomic E-state index is 10.7. The van der Waals surface area contributed by atoms with Gasteiger partial charge in [-0.1, -0.05) is 26.0 Å². The van der Waals surface area contributed by atoms with Gasteiger partial charge in [0, 0.05) is 12.1 Å². The standard InChI is InChI=1S/C16H19N3O2/c1-16(2)12-7-6-11(15(16)8-12)10-17-18-13-4-3-5-14(9-13)19(20)21/h3-6,9-10,12,15,18H,7-8H2,1-2H3/t12-,15+/m0/s1. The van der Waals surface area contributed by atoms with E-state index in [1.54, 1.807) is 12.1 Å². The van der Waals surface area contributed by atoms with Crippen LogP contribution in [0.3, 0.4) is 0 Å². The molecule has 1 aromatic carbocycles. The maximum Gasteiger partial charge on any atom is 0.271 e. The molecule has 4 rings (SSSR count). The highest BCUT2D eigenvalue weighted by molar-refractivity contribution is 5.81. The van der Waals surface area contributed by atoms with Crippen LogP contribution in [0.5, 0.6) is 0 Å². The van der Waals surface area contributed by atoms with E-state index >= 15 is 0 Å². The third kappa shape index (κ3) is 2.44. The molecule has 0 aromatic heterocycles. The fourth-order valence-corrected chi connectivity index (χ4v) is 3.42. The minimum atomic E-state index is -0.407. The van der Waals surface area contributed by atoms with Gasteiger partial charge in [-0.2, -0.15) is 5.10 Å². The number of fused-ring (bicyclic) bond motifs is 1. The summed E-state index contributed by atoms with van der Waals surface area (Å²) in [6.07, 6.45) is 6.51. The minimum Gasteiger partial charge on any atom is -0.278 e. The number of benzene rings is 1. The molecule has 1 saturated carbocycles. The zero-order valence-electron chi connectivity index (χ0n) is 12.2. The topological polar surface area (TPSA) is 67.5 Å². The molecule has 110 valence electrons. The van der Waals surface area contributed by atoms with Crippen molar-refractivity contribution in [1.82, 2.24) is 0 Å². The first-order chi connectivity index (χ1) is 9.98. The third-order valence-electron chi connectivity index (χ3n) is 4.98. The molecule has 1 N–H and O–H groups in total. The van der Waals surface area contributed by atoms with Gasteiger partial charge in [-0.25, -0.2) is 0 Å². The lowest BCUT2D eigenvalue weighted by molar-refractivity contribution is -0.384. The number of anilines is 1. The van der Waals surface area contributed by atoms with Crippen LogP contribution in [0, 0.1) is 27.4 Å². The lowest BCUT2D eigenvalue weighted by Gasteiger charge is -2.55. The fraction of sp³-hybridized carbons (Fsp3) is 0.438. The summed E-state index contributed by atoms with van der Waals surface area (Å²) in [5.74, 6) is 1.40. The normalized spacial score (nSPS) is 26.1. The molecule has 3 aliphatic rings. The van der Waals surface area contributed by atoms with Crippen molar-refractivity contribution in [3.05, 3.63) is 46.0 Å². The average molecular weight is 285 g/mol. The van der Waals surface area contributed by atoms with Gasteiger partial charge in [0.15, 0.2) is 0 Å². The van der Waals surface area contributed by atoms with Crippen molar-refractivity contribution in [2.75, 3.05) is 5.43 Å². The minimum absolute atomic E-state index is 0.0649. The predicted octanol–water partition coefficient (Wildman–Crippen LogP) is 3.98. The number of nitrogens with one attached hydrogen (secondary N) is 1. The first-order valence-electron chi connectivity index (χ1n) is 7.22. The van der Waals surface area contributed by atoms with E-state index < -0.39 is 4.92 Å². The molecule has 2 atom stereocenters. The van der Waals surface area contributed by atoms with Gasteiger partial charge in [0.1, 0.15) is 0 Å². The Labute approximate surface area is 123 Å². The summed E-state index contributed by atoms with van der Waals surface area (Å²) < 4.78 is 0. The molecule has 5 nitrogen and oxygen atoms in total. The van der Waals surface area contributed by atoms with Crippen molar-refractivity contribution < 1.29 is 4.92 Å². The molecule has 5 heteroatoms. The van der Waals surface area contributed by atoms with Crippen molar-refractivity contribution in [3.63, 3.8) is 0 Å². The Bertz CT molecular complexity index is 634. The molecule has 1 fully saturated rings. The van der Waals surface area contributed by atoms with Crippen molar-refractivity contribution >= 4 is 17.6 Å². The molecule has 0 saturated heterocycles. The number of allylic oxidation sites excluding steroid dienone is 2. The molecular weight excluding hydrogens is 266 g/mol. The number of nitrogens with zero attached hydrogens (tertiary/aromatic N) is 2. The van der Waals surface area contributed by atoms with Crippen LogP contribution in [0.2, 0.25) is 0 Å². The first-order valence-corrected chi connectivity index (χ1v) is 7.22. The number of non-ortho nitro benzene ring substituents is 1. The van der Waals surface area contributed by atoms with Gasteiger partial charge in [-0.05, 0) is 41.7 Å². The molecule has 0 aliphatic heterocycles. The van der Waals surface area contributed by atoms with Crippen LogP contribution >= 0.6 is 0 Å². The van der Waals surface area contributed by atoms with E-state index in [9.17, 15) is 10.1 Å². The largest absolute Gasteiger partial charge is 0.278 e. The molecule has 2 bridgehead atoms. The van der Waals surface area contributed by atoms with Crippen LogP contribution in [0.4, 0.5) is 11.4 Å². The monoisotopic (exact) mass is 285 g/mol. The predicted molar refractivity (Wildman–Crippen MR) is 83.3 cm³/mol. The van der Waals surface area contributed by atoms with Gasteiger partial charge in [0.05, 0.1) is 16.8 Å². The molecule has 0 radical (unpaired) electrons. The Morgan fingerprint density at radius 3 is 2.95 bits per heavy atom. The quantitative estimate of drug-likeness (QED) is 0.517. The summed E-state index contributed by atoms with van der Waals surface area (Å²) in [7, 11) is 0. The van der Waals surface area contributed by atoms with Gasteiger partial charge in [-0.15, -0.1) is 0 Å². The van der Waals surface area contributed by atoms with E-state index in [4.69, 9.17) is 0 Å². The highest BCUT2D eigenvalue weighted by Gasteiger charge is 2.50. The third-order valence-corrected chi connectivity index (χ3v) is 4.98. The number of hydrazone groups is 1. The zero-order chi connectivity index (χ0) is 15.0. The molecule has 21 heavy (non-hydrogen) atoms. The Hall–Kier alpha value is -2.17. The van der Waals surface area contributed by atoms with E-state index in [0.29, 0.717) is 17.0 Å². The van der Waals surface area contributed by atoms with Gasteiger partial charge < -0.3 is 0 Å².